The van der Waals surface area contributed by atoms with Gasteiger partial charge in [0, 0.05) is 22.9 Å². The van der Waals surface area contributed by atoms with E-state index in [0.29, 0.717) is 18.3 Å². The van der Waals surface area contributed by atoms with Crippen molar-refractivity contribution in [1.29, 1.82) is 0 Å². The molecule has 0 unspecified atom stereocenters. The van der Waals surface area contributed by atoms with E-state index in [1.54, 1.807) is 6.20 Å². The zero-order valence-electron chi connectivity index (χ0n) is 9.69. The minimum Gasteiger partial charge on any atom is -0.345 e. The standard InChI is InChI=1S/C12H13BrN4O/c13-8-5-11(17(7-8)10-1-2-10)12(18)14-6-9-3-4-15-16-9/h3-5,7,10H,1-2,6H2,(H,14,18)(H,15,16). The molecule has 1 aliphatic carbocycles. The normalized spacial score (nSPS) is 14.7. The number of aromatic nitrogens is 3. The van der Waals surface area contributed by atoms with Gasteiger partial charge in [-0.3, -0.25) is 9.89 Å². The summed E-state index contributed by atoms with van der Waals surface area (Å²) in [7, 11) is 0. The van der Waals surface area contributed by atoms with Crippen LogP contribution in [0.25, 0.3) is 0 Å². The third kappa shape index (κ3) is 2.33. The van der Waals surface area contributed by atoms with Crippen LogP contribution in [0.2, 0.25) is 0 Å². The van der Waals surface area contributed by atoms with Crippen molar-refractivity contribution in [3.05, 3.63) is 40.4 Å². The zero-order chi connectivity index (χ0) is 12.5. The van der Waals surface area contributed by atoms with Gasteiger partial charge in [0.15, 0.2) is 0 Å². The molecule has 0 saturated heterocycles. The predicted molar refractivity (Wildman–Crippen MR) is 70.2 cm³/mol. The minimum atomic E-state index is -0.0535. The van der Waals surface area contributed by atoms with E-state index in [1.165, 1.54) is 0 Å². The molecule has 0 bridgehead atoms. The molecule has 1 fully saturated rings. The summed E-state index contributed by atoms with van der Waals surface area (Å²) >= 11 is 3.42. The molecular formula is C12H13BrN4O. The van der Waals surface area contributed by atoms with Crippen molar-refractivity contribution in [2.24, 2.45) is 0 Å². The number of rotatable bonds is 4. The van der Waals surface area contributed by atoms with Crippen LogP contribution in [0.4, 0.5) is 0 Å². The molecule has 0 aliphatic heterocycles. The van der Waals surface area contributed by atoms with Crippen LogP contribution in [0, 0.1) is 0 Å². The second kappa shape index (κ2) is 4.61. The largest absolute Gasteiger partial charge is 0.345 e. The van der Waals surface area contributed by atoms with Crippen LogP contribution in [0.15, 0.2) is 29.0 Å². The Balaban J connectivity index is 1.71. The number of carbonyl (C=O) groups is 1. The molecule has 94 valence electrons. The Hall–Kier alpha value is -1.56. The highest BCUT2D eigenvalue weighted by Crippen LogP contribution is 2.37. The van der Waals surface area contributed by atoms with Crippen LogP contribution in [0.3, 0.4) is 0 Å². The average Bonchev–Trinajstić information content (AvgIpc) is 2.92. The molecule has 2 heterocycles. The van der Waals surface area contributed by atoms with E-state index < -0.39 is 0 Å². The molecular weight excluding hydrogens is 296 g/mol. The Morgan fingerprint density at radius 1 is 1.61 bits per heavy atom. The number of halogens is 1. The number of hydrogen-bond donors (Lipinski definition) is 2. The van der Waals surface area contributed by atoms with Gasteiger partial charge in [-0.2, -0.15) is 5.10 Å². The molecule has 3 rings (SSSR count). The van der Waals surface area contributed by atoms with Crippen LogP contribution in [0.5, 0.6) is 0 Å². The molecule has 18 heavy (non-hydrogen) atoms. The quantitative estimate of drug-likeness (QED) is 0.910. The van der Waals surface area contributed by atoms with Crippen LogP contribution in [-0.4, -0.2) is 20.7 Å². The second-order valence-corrected chi connectivity index (χ2v) is 5.36. The Bertz CT molecular complexity index is 557. The summed E-state index contributed by atoms with van der Waals surface area (Å²) in [6, 6.07) is 4.20. The highest BCUT2D eigenvalue weighted by Gasteiger charge is 2.27. The molecule has 1 aliphatic rings. The number of hydrogen-bond acceptors (Lipinski definition) is 2. The third-order valence-electron chi connectivity index (χ3n) is 2.99. The van der Waals surface area contributed by atoms with Crippen molar-refractivity contribution in [2.45, 2.75) is 25.4 Å². The van der Waals surface area contributed by atoms with Crippen molar-refractivity contribution in [3.8, 4) is 0 Å². The summed E-state index contributed by atoms with van der Waals surface area (Å²) < 4.78 is 2.99. The van der Waals surface area contributed by atoms with E-state index in [0.717, 1.165) is 23.0 Å². The van der Waals surface area contributed by atoms with Gasteiger partial charge in [-0.05, 0) is 40.9 Å². The highest BCUT2D eigenvalue weighted by molar-refractivity contribution is 9.10. The monoisotopic (exact) mass is 308 g/mol. The van der Waals surface area contributed by atoms with E-state index in [1.807, 2.05) is 22.9 Å². The summed E-state index contributed by atoms with van der Waals surface area (Å²) in [4.78, 5) is 12.1. The van der Waals surface area contributed by atoms with E-state index >= 15 is 0 Å². The topological polar surface area (TPSA) is 62.7 Å². The lowest BCUT2D eigenvalue weighted by atomic mass is 10.3. The number of nitrogens with zero attached hydrogens (tertiary/aromatic N) is 2. The lowest BCUT2D eigenvalue weighted by Gasteiger charge is -2.07. The third-order valence-corrected chi connectivity index (χ3v) is 3.42. The maximum atomic E-state index is 12.1. The van der Waals surface area contributed by atoms with Gasteiger partial charge in [0.05, 0.1) is 12.2 Å². The zero-order valence-corrected chi connectivity index (χ0v) is 11.3. The van der Waals surface area contributed by atoms with Crippen LogP contribution in [-0.2, 0) is 6.54 Å². The van der Waals surface area contributed by atoms with Gasteiger partial charge in [-0.15, -0.1) is 0 Å². The van der Waals surface area contributed by atoms with Crippen LogP contribution >= 0.6 is 15.9 Å². The summed E-state index contributed by atoms with van der Waals surface area (Å²) in [5.41, 5.74) is 1.61. The van der Waals surface area contributed by atoms with Crippen molar-refractivity contribution in [3.63, 3.8) is 0 Å². The predicted octanol–water partition coefficient (Wildman–Crippen LogP) is 2.24. The first kappa shape index (κ1) is 11.5. The van der Waals surface area contributed by atoms with Crippen molar-refractivity contribution < 1.29 is 4.79 Å². The van der Waals surface area contributed by atoms with Crippen molar-refractivity contribution in [2.75, 3.05) is 0 Å². The molecule has 0 aromatic carbocycles. The first-order chi connectivity index (χ1) is 8.74. The maximum Gasteiger partial charge on any atom is 0.268 e. The van der Waals surface area contributed by atoms with Gasteiger partial charge in [0.2, 0.25) is 0 Å². The van der Waals surface area contributed by atoms with Crippen molar-refractivity contribution in [1.82, 2.24) is 20.1 Å². The minimum absolute atomic E-state index is 0.0535. The number of aromatic amines is 1. The molecule has 1 saturated carbocycles. The summed E-state index contributed by atoms with van der Waals surface area (Å²) in [5.74, 6) is -0.0535. The summed E-state index contributed by atoms with van der Waals surface area (Å²) in [6.45, 7) is 0.465. The van der Waals surface area contributed by atoms with Crippen LogP contribution in [0.1, 0.15) is 35.1 Å². The Kier molecular flexibility index (Phi) is 2.95. The SMILES string of the molecule is O=C(NCc1ccn[nH]1)c1cc(Br)cn1C1CC1. The fourth-order valence-corrected chi connectivity index (χ4v) is 2.37. The summed E-state index contributed by atoms with van der Waals surface area (Å²) in [5, 5.41) is 9.55. The van der Waals surface area contributed by atoms with E-state index in [4.69, 9.17) is 0 Å². The smallest absolute Gasteiger partial charge is 0.268 e. The molecule has 0 atom stereocenters. The van der Waals surface area contributed by atoms with E-state index in [9.17, 15) is 4.79 Å². The molecule has 2 aromatic heterocycles. The number of amides is 1. The summed E-state index contributed by atoms with van der Waals surface area (Å²) in [6.07, 6.45) is 5.96. The number of carbonyl (C=O) groups excluding carboxylic acids is 1. The van der Waals surface area contributed by atoms with Gasteiger partial charge in [0.25, 0.3) is 5.91 Å². The number of H-pyrrole nitrogens is 1. The Morgan fingerprint density at radius 2 is 2.44 bits per heavy atom. The van der Waals surface area contributed by atoms with Gasteiger partial charge < -0.3 is 9.88 Å². The van der Waals surface area contributed by atoms with E-state index in [-0.39, 0.29) is 5.91 Å². The molecule has 0 spiro atoms. The molecule has 5 nitrogen and oxygen atoms in total. The Labute approximate surface area is 113 Å². The fraction of sp³-hybridized carbons (Fsp3) is 0.333. The van der Waals surface area contributed by atoms with E-state index in [2.05, 4.69) is 31.4 Å². The Morgan fingerprint density at radius 3 is 3.11 bits per heavy atom. The first-order valence-electron chi connectivity index (χ1n) is 5.88. The lowest BCUT2D eigenvalue weighted by molar-refractivity contribution is 0.0941. The average molecular weight is 309 g/mol. The van der Waals surface area contributed by atoms with Gasteiger partial charge >= 0.3 is 0 Å². The molecule has 6 heteroatoms. The van der Waals surface area contributed by atoms with Gasteiger partial charge in [-0.25, -0.2) is 0 Å². The second-order valence-electron chi connectivity index (χ2n) is 4.45. The molecule has 1 amide bonds. The maximum absolute atomic E-state index is 12.1. The lowest BCUT2D eigenvalue weighted by Crippen LogP contribution is -2.25. The highest BCUT2D eigenvalue weighted by atomic mass is 79.9. The van der Waals surface area contributed by atoms with Gasteiger partial charge in [0.1, 0.15) is 5.69 Å². The van der Waals surface area contributed by atoms with Crippen molar-refractivity contribution >= 4 is 21.8 Å². The van der Waals surface area contributed by atoms with Crippen LogP contribution < -0.4 is 5.32 Å². The fourth-order valence-electron chi connectivity index (χ4n) is 1.93. The molecule has 2 aromatic rings. The molecule has 0 radical (unpaired) electrons. The number of nitrogens with one attached hydrogen (secondary N) is 2. The molecule has 2 N–H and O–H groups in total. The van der Waals surface area contributed by atoms with Gasteiger partial charge in [-0.1, -0.05) is 0 Å². The first-order valence-corrected chi connectivity index (χ1v) is 6.67.